The predicted molar refractivity (Wildman–Crippen MR) is 55.6 cm³/mol. The van der Waals surface area contributed by atoms with E-state index in [9.17, 15) is 0 Å². The fourth-order valence-corrected chi connectivity index (χ4v) is 1.51. The number of ether oxygens (including phenoxy) is 1. The number of nitrogen functional groups attached to an aromatic ring is 1. The van der Waals surface area contributed by atoms with Crippen molar-refractivity contribution in [3.8, 4) is 0 Å². The second-order valence-corrected chi connectivity index (χ2v) is 3.54. The summed E-state index contributed by atoms with van der Waals surface area (Å²) in [6.45, 7) is 0.651. The monoisotopic (exact) mass is 212 g/mol. The van der Waals surface area contributed by atoms with E-state index in [1.54, 1.807) is 19.4 Å². The van der Waals surface area contributed by atoms with Crippen LogP contribution in [0.3, 0.4) is 0 Å². The average Bonchev–Trinajstić information content (AvgIpc) is 2.19. The van der Waals surface area contributed by atoms with Crippen molar-refractivity contribution in [3.05, 3.63) is 18.0 Å². The average molecular weight is 212 g/mol. The third kappa shape index (κ3) is 3.31. The molecule has 0 unspecified atom stereocenters. The highest BCUT2D eigenvalue weighted by Crippen LogP contribution is 2.11. The highest BCUT2D eigenvalue weighted by Gasteiger charge is 2.01. The zero-order valence-corrected chi connectivity index (χ0v) is 8.67. The molecule has 0 aliphatic rings. The van der Waals surface area contributed by atoms with Crippen LogP contribution in [0.15, 0.2) is 17.4 Å². The Bertz CT molecular complexity index is 318. The van der Waals surface area contributed by atoms with Crippen molar-refractivity contribution in [2.45, 2.75) is 5.16 Å². The molecule has 14 heavy (non-hydrogen) atoms. The van der Waals surface area contributed by atoms with Gasteiger partial charge in [0.1, 0.15) is 11.5 Å². The molecular formula is C8H12N4OS. The highest BCUT2D eigenvalue weighted by molar-refractivity contribution is 7.99. The lowest BCUT2D eigenvalue weighted by molar-refractivity contribution is 0.218. The van der Waals surface area contributed by atoms with Crippen LogP contribution in [0.4, 0.5) is 0 Å². The zero-order valence-electron chi connectivity index (χ0n) is 7.86. The molecule has 0 atom stereocenters. The minimum absolute atomic E-state index is 0.0407. The quantitative estimate of drug-likeness (QED) is 0.244. The van der Waals surface area contributed by atoms with Gasteiger partial charge in [0, 0.05) is 19.1 Å². The number of nitrogens with one attached hydrogen (secondary N) is 1. The van der Waals surface area contributed by atoms with Crippen LogP contribution in [-0.4, -0.2) is 35.3 Å². The van der Waals surface area contributed by atoms with Gasteiger partial charge >= 0.3 is 0 Å². The van der Waals surface area contributed by atoms with Gasteiger partial charge in [0.25, 0.3) is 0 Å². The summed E-state index contributed by atoms with van der Waals surface area (Å²) in [5.74, 6) is 0.749. The maximum absolute atomic E-state index is 7.20. The van der Waals surface area contributed by atoms with E-state index in [4.69, 9.17) is 15.9 Å². The molecule has 1 aromatic rings. The number of nitrogens with zero attached hydrogens (tertiary/aromatic N) is 2. The minimum atomic E-state index is -0.0407. The first kappa shape index (κ1) is 10.9. The van der Waals surface area contributed by atoms with E-state index in [1.165, 1.54) is 11.8 Å². The van der Waals surface area contributed by atoms with Gasteiger partial charge in [0.05, 0.1) is 6.61 Å². The lowest BCUT2D eigenvalue weighted by Gasteiger charge is -2.01. The number of amidine groups is 1. The number of thioether (sulfide) groups is 1. The van der Waals surface area contributed by atoms with E-state index in [-0.39, 0.29) is 5.84 Å². The number of hydrogen-bond donors (Lipinski definition) is 2. The maximum Gasteiger partial charge on any atom is 0.188 e. The summed E-state index contributed by atoms with van der Waals surface area (Å²) in [5.41, 5.74) is 5.75. The molecule has 0 amide bonds. The van der Waals surface area contributed by atoms with Gasteiger partial charge in [-0.05, 0) is 6.07 Å². The van der Waals surface area contributed by atoms with Crippen LogP contribution in [0.5, 0.6) is 0 Å². The number of hydrogen-bond acceptors (Lipinski definition) is 5. The topological polar surface area (TPSA) is 84.9 Å². The molecule has 76 valence electrons. The van der Waals surface area contributed by atoms with Gasteiger partial charge in [-0.2, -0.15) is 0 Å². The molecule has 1 heterocycles. The van der Waals surface area contributed by atoms with Gasteiger partial charge in [-0.1, -0.05) is 11.8 Å². The van der Waals surface area contributed by atoms with Crippen LogP contribution in [0.1, 0.15) is 5.69 Å². The number of aromatic nitrogens is 2. The Kier molecular flexibility index (Phi) is 4.34. The summed E-state index contributed by atoms with van der Waals surface area (Å²) in [6.07, 6.45) is 1.60. The second-order valence-electron chi connectivity index (χ2n) is 2.48. The van der Waals surface area contributed by atoms with Crippen molar-refractivity contribution in [1.82, 2.24) is 9.97 Å². The van der Waals surface area contributed by atoms with Gasteiger partial charge in [0.2, 0.25) is 0 Å². The molecule has 0 spiro atoms. The van der Waals surface area contributed by atoms with Crippen LogP contribution in [0.2, 0.25) is 0 Å². The second kappa shape index (κ2) is 5.56. The molecule has 0 aliphatic heterocycles. The van der Waals surface area contributed by atoms with Gasteiger partial charge in [-0.3, -0.25) is 5.41 Å². The molecule has 5 nitrogen and oxygen atoms in total. The van der Waals surface area contributed by atoms with E-state index in [0.717, 1.165) is 5.75 Å². The fourth-order valence-electron chi connectivity index (χ4n) is 0.777. The maximum atomic E-state index is 7.20. The van der Waals surface area contributed by atoms with Crippen molar-refractivity contribution in [1.29, 1.82) is 5.41 Å². The minimum Gasteiger partial charge on any atom is -0.384 e. The fraction of sp³-hybridized carbons (Fsp3) is 0.375. The predicted octanol–water partition coefficient (Wildman–Crippen LogP) is 0.499. The first-order valence-electron chi connectivity index (χ1n) is 4.03. The Labute approximate surface area is 86.6 Å². The summed E-state index contributed by atoms with van der Waals surface area (Å²) in [7, 11) is 1.65. The Morgan fingerprint density at radius 2 is 2.50 bits per heavy atom. The molecule has 0 saturated carbocycles. The summed E-state index contributed by atoms with van der Waals surface area (Å²) in [6, 6.07) is 1.61. The molecule has 0 radical (unpaired) electrons. The standard InChI is InChI=1S/C8H12N4OS/c1-13-4-5-14-8-11-3-2-6(12-8)7(9)10/h2-3H,4-5H2,1H3,(H3,9,10). The smallest absolute Gasteiger partial charge is 0.188 e. The molecule has 0 aliphatic carbocycles. The molecule has 0 bridgehead atoms. The first-order valence-corrected chi connectivity index (χ1v) is 5.02. The SMILES string of the molecule is COCCSc1nccc(C(=N)N)n1. The van der Waals surface area contributed by atoms with E-state index in [1.807, 2.05) is 0 Å². The molecule has 1 rings (SSSR count). The van der Waals surface area contributed by atoms with E-state index in [0.29, 0.717) is 17.5 Å². The Balaban J connectivity index is 2.59. The number of nitrogens with two attached hydrogens (primary N) is 1. The number of methoxy groups -OCH3 is 1. The van der Waals surface area contributed by atoms with Crippen LogP contribution in [0, 0.1) is 5.41 Å². The molecule has 0 saturated heterocycles. The Morgan fingerprint density at radius 3 is 3.14 bits per heavy atom. The zero-order chi connectivity index (χ0) is 10.4. The molecule has 1 aromatic heterocycles. The third-order valence-corrected chi connectivity index (χ3v) is 2.25. The highest BCUT2D eigenvalue weighted by atomic mass is 32.2. The molecular weight excluding hydrogens is 200 g/mol. The molecule has 0 aromatic carbocycles. The van der Waals surface area contributed by atoms with Crippen molar-refractivity contribution >= 4 is 17.6 Å². The van der Waals surface area contributed by atoms with E-state index < -0.39 is 0 Å². The van der Waals surface area contributed by atoms with Gasteiger partial charge in [-0.25, -0.2) is 9.97 Å². The van der Waals surface area contributed by atoms with Crippen molar-refractivity contribution in [2.75, 3.05) is 19.5 Å². The van der Waals surface area contributed by atoms with E-state index >= 15 is 0 Å². The normalized spacial score (nSPS) is 10.1. The summed E-state index contributed by atoms with van der Waals surface area (Å²) < 4.78 is 4.90. The Morgan fingerprint density at radius 1 is 1.71 bits per heavy atom. The van der Waals surface area contributed by atoms with Gasteiger partial charge in [-0.15, -0.1) is 0 Å². The van der Waals surface area contributed by atoms with Gasteiger partial charge in [0.15, 0.2) is 5.16 Å². The Hall–Kier alpha value is -1.14. The largest absolute Gasteiger partial charge is 0.384 e. The van der Waals surface area contributed by atoms with E-state index in [2.05, 4.69) is 9.97 Å². The lowest BCUT2D eigenvalue weighted by atomic mass is 10.4. The summed E-state index contributed by atoms with van der Waals surface area (Å²) in [4.78, 5) is 8.13. The molecule has 3 N–H and O–H groups in total. The summed E-state index contributed by atoms with van der Waals surface area (Å²) in [5, 5.41) is 7.82. The molecule has 6 heteroatoms. The first-order chi connectivity index (χ1) is 6.74. The van der Waals surface area contributed by atoms with Crippen molar-refractivity contribution in [3.63, 3.8) is 0 Å². The summed E-state index contributed by atoms with van der Waals surface area (Å²) >= 11 is 1.48. The van der Waals surface area contributed by atoms with Crippen LogP contribution >= 0.6 is 11.8 Å². The van der Waals surface area contributed by atoms with Crippen LogP contribution < -0.4 is 5.73 Å². The molecule has 0 fully saturated rings. The van der Waals surface area contributed by atoms with Crippen molar-refractivity contribution < 1.29 is 4.74 Å². The van der Waals surface area contributed by atoms with Crippen LogP contribution in [0.25, 0.3) is 0 Å². The van der Waals surface area contributed by atoms with Crippen molar-refractivity contribution in [2.24, 2.45) is 5.73 Å². The third-order valence-electron chi connectivity index (χ3n) is 1.43. The van der Waals surface area contributed by atoms with Gasteiger partial charge < -0.3 is 10.5 Å². The van der Waals surface area contributed by atoms with Crippen LogP contribution in [-0.2, 0) is 4.74 Å². The lowest BCUT2D eigenvalue weighted by Crippen LogP contribution is -2.13. The number of rotatable bonds is 5.